The standard InChI is InChI=1S/C27H28N4O4/c1-30(2)21-11-5-18(6-12-21)17-31-25(19-7-13-22(34-3)14-8-19)24(27(33)29-31)28-26(32)20-9-15-23(35-4)16-10-20/h5-17,24-25H,1-4H3,(H-,28,29,32,33)/p+1/t24-,25+/m0/s1. The van der Waals surface area contributed by atoms with Crippen molar-refractivity contribution < 1.29 is 23.7 Å². The maximum Gasteiger partial charge on any atom is 0.304 e. The van der Waals surface area contributed by atoms with E-state index in [1.807, 2.05) is 73.7 Å². The fraction of sp³-hybridized carbons (Fsp3) is 0.222. The lowest BCUT2D eigenvalue weighted by Gasteiger charge is -2.15. The molecule has 8 heteroatoms. The third kappa shape index (κ3) is 5.27. The first-order valence-corrected chi connectivity index (χ1v) is 11.2. The number of anilines is 1. The van der Waals surface area contributed by atoms with Crippen LogP contribution in [0.4, 0.5) is 5.69 Å². The molecule has 0 radical (unpaired) electrons. The number of hydrazone groups is 1. The lowest BCUT2D eigenvalue weighted by Crippen LogP contribution is -2.42. The number of hydrogen-bond acceptors (Lipinski definition) is 5. The molecule has 0 aromatic heterocycles. The Kier molecular flexibility index (Phi) is 7.01. The molecule has 0 spiro atoms. The monoisotopic (exact) mass is 473 g/mol. The number of hydrazine groups is 1. The van der Waals surface area contributed by atoms with Crippen molar-refractivity contribution in [3.05, 3.63) is 89.5 Å². The van der Waals surface area contributed by atoms with E-state index in [1.54, 1.807) is 43.2 Å². The van der Waals surface area contributed by atoms with Crippen LogP contribution in [0.1, 0.15) is 27.5 Å². The molecule has 35 heavy (non-hydrogen) atoms. The molecule has 2 N–H and O–H groups in total. The number of carbonyl (C=O) groups is 2. The van der Waals surface area contributed by atoms with Gasteiger partial charge < -0.3 is 19.7 Å². The van der Waals surface area contributed by atoms with Crippen molar-refractivity contribution in [2.24, 2.45) is 0 Å². The Bertz CT molecular complexity index is 1220. The van der Waals surface area contributed by atoms with Gasteiger partial charge in [0.1, 0.15) is 11.5 Å². The fourth-order valence-corrected chi connectivity index (χ4v) is 3.97. The van der Waals surface area contributed by atoms with Crippen molar-refractivity contribution in [3.8, 4) is 11.5 Å². The minimum atomic E-state index is -0.810. The highest BCUT2D eigenvalue weighted by atomic mass is 16.5. The van der Waals surface area contributed by atoms with Crippen LogP contribution in [0.2, 0.25) is 0 Å². The van der Waals surface area contributed by atoms with Gasteiger partial charge in [0.2, 0.25) is 12.3 Å². The van der Waals surface area contributed by atoms with Gasteiger partial charge in [-0.2, -0.15) is 0 Å². The van der Waals surface area contributed by atoms with Crippen molar-refractivity contribution in [2.75, 3.05) is 33.2 Å². The SMILES string of the molecule is COc1ccc(C(=O)N[C@@H]2C(=O)N/[N+](=C\c3ccc(N(C)C)cc3)[C@@H]2c2ccc(OC)cc2)cc1. The molecule has 3 aromatic rings. The van der Waals surface area contributed by atoms with Gasteiger partial charge in [0.05, 0.1) is 14.2 Å². The van der Waals surface area contributed by atoms with Gasteiger partial charge >= 0.3 is 5.91 Å². The maximum atomic E-state index is 13.1. The summed E-state index contributed by atoms with van der Waals surface area (Å²) in [7, 11) is 7.13. The highest BCUT2D eigenvalue weighted by Gasteiger charge is 2.47. The fourth-order valence-electron chi connectivity index (χ4n) is 3.97. The number of nitrogens with zero attached hydrogens (tertiary/aromatic N) is 2. The quantitative estimate of drug-likeness (QED) is 0.516. The molecule has 1 saturated heterocycles. The average molecular weight is 474 g/mol. The van der Waals surface area contributed by atoms with Crippen LogP contribution in [-0.2, 0) is 4.79 Å². The van der Waals surface area contributed by atoms with E-state index in [4.69, 9.17) is 9.47 Å². The molecule has 4 rings (SSSR count). The normalized spacial score (nSPS) is 18.2. The predicted octanol–water partition coefficient (Wildman–Crippen LogP) is 2.79. The maximum absolute atomic E-state index is 13.1. The van der Waals surface area contributed by atoms with Gasteiger partial charge in [-0.1, -0.05) is 0 Å². The van der Waals surface area contributed by atoms with E-state index < -0.39 is 12.1 Å². The molecular weight excluding hydrogens is 444 g/mol. The van der Waals surface area contributed by atoms with Crippen LogP contribution in [0.25, 0.3) is 0 Å². The molecular formula is C27H29N4O4+. The summed E-state index contributed by atoms with van der Waals surface area (Å²) in [6.45, 7) is 0. The number of nitrogens with one attached hydrogen (secondary N) is 2. The van der Waals surface area contributed by atoms with Gasteiger partial charge in [0, 0.05) is 36.5 Å². The van der Waals surface area contributed by atoms with Gasteiger partial charge in [-0.05, 0) is 72.8 Å². The van der Waals surface area contributed by atoms with E-state index in [0.717, 1.165) is 16.8 Å². The van der Waals surface area contributed by atoms with Crippen LogP contribution >= 0.6 is 0 Å². The summed E-state index contributed by atoms with van der Waals surface area (Å²) >= 11 is 0. The number of methoxy groups -OCH3 is 2. The predicted molar refractivity (Wildman–Crippen MR) is 134 cm³/mol. The van der Waals surface area contributed by atoms with E-state index in [0.29, 0.717) is 17.1 Å². The van der Waals surface area contributed by atoms with Crippen molar-refractivity contribution >= 4 is 23.7 Å². The second kappa shape index (κ2) is 10.3. The molecule has 1 aliphatic rings. The van der Waals surface area contributed by atoms with E-state index >= 15 is 0 Å². The summed E-state index contributed by atoms with van der Waals surface area (Å²) in [6, 6.07) is 20.9. The number of amides is 2. The average Bonchev–Trinajstić information content (AvgIpc) is 3.18. The Morgan fingerprint density at radius 3 is 2.03 bits per heavy atom. The molecule has 1 fully saturated rings. The number of benzene rings is 3. The van der Waals surface area contributed by atoms with Crippen molar-refractivity contribution in [3.63, 3.8) is 0 Å². The van der Waals surface area contributed by atoms with E-state index in [1.165, 1.54) is 0 Å². The largest absolute Gasteiger partial charge is 0.497 e. The molecule has 0 bridgehead atoms. The highest BCUT2D eigenvalue weighted by Crippen LogP contribution is 2.27. The van der Waals surface area contributed by atoms with Crippen molar-refractivity contribution in [2.45, 2.75) is 12.1 Å². The van der Waals surface area contributed by atoms with Gasteiger partial charge in [-0.3, -0.25) is 9.59 Å². The lowest BCUT2D eigenvalue weighted by molar-refractivity contribution is -0.596. The third-order valence-corrected chi connectivity index (χ3v) is 5.93. The smallest absolute Gasteiger partial charge is 0.304 e. The molecule has 2 amide bonds. The first-order valence-electron chi connectivity index (χ1n) is 11.2. The van der Waals surface area contributed by atoms with Crippen molar-refractivity contribution in [1.29, 1.82) is 0 Å². The molecule has 8 nitrogen and oxygen atoms in total. The summed E-state index contributed by atoms with van der Waals surface area (Å²) in [5, 5.41) is 2.91. The number of carbonyl (C=O) groups excluding carboxylic acids is 2. The van der Waals surface area contributed by atoms with Crippen LogP contribution in [0.15, 0.2) is 72.8 Å². The molecule has 1 heterocycles. The molecule has 1 aliphatic heterocycles. The van der Waals surface area contributed by atoms with Crippen LogP contribution < -0.4 is 25.1 Å². The molecule has 2 atom stereocenters. The second-order valence-electron chi connectivity index (χ2n) is 8.40. The van der Waals surface area contributed by atoms with Crippen LogP contribution in [-0.4, -0.2) is 57.1 Å². The topological polar surface area (TPSA) is 82.9 Å². The van der Waals surface area contributed by atoms with E-state index in [2.05, 4.69) is 10.7 Å². The summed E-state index contributed by atoms with van der Waals surface area (Å²) in [4.78, 5) is 28.1. The Morgan fingerprint density at radius 2 is 1.49 bits per heavy atom. The van der Waals surface area contributed by atoms with Crippen LogP contribution in [0, 0.1) is 0 Å². The van der Waals surface area contributed by atoms with Gasteiger partial charge in [-0.25, -0.2) is 0 Å². The van der Waals surface area contributed by atoms with Crippen LogP contribution in [0.3, 0.4) is 0 Å². The minimum Gasteiger partial charge on any atom is -0.497 e. The van der Waals surface area contributed by atoms with Gasteiger partial charge in [-0.15, -0.1) is 10.1 Å². The van der Waals surface area contributed by atoms with Gasteiger partial charge in [0.25, 0.3) is 5.91 Å². The number of ether oxygens (including phenoxy) is 2. The van der Waals surface area contributed by atoms with E-state index in [9.17, 15) is 9.59 Å². The zero-order valence-corrected chi connectivity index (χ0v) is 20.2. The Hall–Kier alpha value is -4.33. The van der Waals surface area contributed by atoms with Crippen LogP contribution in [0.5, 0.6) is 11.5 Å². The number of hydrogen-bond donors (Lipinski definition) is 2. The molecule has 0 aliphatic carbocycles. The summed E-state index contributed by atoms with van der Waals surface area (Å²) in [5.74, 6) is 0.717. The minimum absolute atomic E-state index is 0.297. The molecule has 0 saturated carbocycles. The highest BCUT2D eigenvalue weighted by molar-refractivity contribution is 5.98. The Labute approximate surface area is 204 Å². The Morgan fingerprint density at radius 1 is 0.914 bits per heavy atom. The summed E-state index contributed by atoms with van der Waals surface area (Å²) in [6.07, 6.45) is 1.87. The first kappa shape index (κ1) is 23.8. The first-order chi connectivity index (χ1) is 16.9. The molecule has 0 unspecified atom stereocenters. The zero-order valence-electron chi connectivity index (χ0n) is 20.2. The Balaban J connectivity index is 1.67. The third-order valence-electron chi connectivity index (χ3n) is 5.93. The molecule has 180 valence electrons. The van der Waals surface area contributed by atoms with E-state index in [-0.39, 0.29) is 11.8 Å². The lowest BCUT2D eigenvalue weighted by atomic mass is 9.99. The summed E-state index contributed by atoms with van der Waals surface area (Å²) < 4.78 is 12.2. The van der Waals surface area contributed by atoms with Crippen molar-refractivity contribution in [1.82, 2.24) is 10.7 Å². The summed E-state index contributed by atoms with van der Waals surface area (Å²) in [5.41, 5.74) is 6.18. The molecule has 3 aromatic carbocycles. The van der Waals surface area contributed by atoms with Gasteiger partial charge in [0.15, 0.2) is 6.04 Å². The zero-order chi connectivity index (χ0) is 24.9. The number of rotatable bonds is 7. The second-order valence-corrected chi connectivity index (χ2v) is 8.40.